The van der Waals surface area contributed by atoms with Gasteiger partial charge in [-0.25, -0.2) is 0 Å². The van der Waals surface area contributed by atoms with Crippen molar-refractivity contribution in [1.29, 1.82) is 0 Å². The lowest BCUT2D eigenvalue weighted by atomic mass is 10.1. The maximum atomic E-state index is 11.6. The first kappa shape index (κ1) is 11.6. The first-order chi connectivity index (χ1) is 7.24. The van der Waals surface area contributed by atoms with Crippen LogP contribution in [-0.2, 0) is 0 Å². The molecule has 0 aliphatic heterocycles. The van der Waals surface area contributed by atoms with Gasteiger partial charge in [-0.05, 0) is 19.1 Å². The number of Topliss-reactive ketones (excluding diaryl/α,β-unsaturated/α-hetero) is 1. The van der Waals surface area contributed by atoms with Crippen molar-refractivity contribution in [1.82, 2.24) is 0 Å². The molecular weight excluding hydrogens is 192 g/mol. The maximum Gasteiger partial charge on any atom is 0.171 e. The largest absolute Gasteiger partial charge is 0.493 e. The van der Waals surface area contributed by atoms with Gasteiger partial charge in [0, 0.05) is 6.42 Å². The second-order valence-electron chi connectivity index (χ2n) is 3.05. The molecule has 82 valence electrons. The zero-order valence-electron chi connectivity index (χ0n) is 9.37. The number of ketones is 1. The fraction of sp³-hybridized carbons (Fsp3) is 0.417. The molecule has 0 heterocycles. The molecule has 0 saturated heterocycles. The number of methoxy groups -OCH3 is 1. The van der Waals surface area contributed by atoms with Crippen LogP contribution in [0, 0.1) is 0 Å². The van der Waals surface area contributed by atoms with Crippen molar-refractivity contribution in [3.63, 3.8) is 0 Å². The van der Waals surface area contributed by atoms with Gasteiger partial charge in [-0.2, -0.15) is 0 Å². The van der Waals surface area contributed by atoms with Gasteiger partial charge in [-0.3, -0.25) is 4.79 Å². The second-order valence-corrected chi connectivity index (χ2v) is 3.05. The third kappa shape index (κ3) is 2.49. The number of rotatable bonds is 5. The van der Waals surface area contributed by atoms with Gasteiger partial charge in [0.15, 0.2) is 17.3 Å². The summed E-state index contributed by atoms with van der Waals surface area (Å²) in [5.41, 5.74) is 0.596. The summed E-state index contributed by atoms with van der Waals surface area (Å²) in [6.45, 7) is 4.23. The SMILES string of the molecule is CCOc1c(OC)cccc1C(=O)CC. The predicted molar refractivity (Wildman–Crippen MR) is 58.8 cm³/mol. The van der Waals surface area contributed by atoms with Crippen molar-refractivity contribution >= 4 is 5.78 Å². The maximum absolute atomic E-state index is 11.6. The average Bonchev–Trinajstić information content (AvgIpc) is 2.28. The van der Waals surface area contributed by atoms with Crippen molar-refractivity contribution in [3.05, 3.63) is 23.8 Å². The first-order valence-electron chi connectivity index (χ1n) is 5.07. The van der Waals surface area contributed by atoms with Crippen molar-refractivity contribution in [2.45, 2.75) is 20.3 Å². The molecule has 0 aliphatic rings. The van der Waals surface area contributed by atoms with Crippen LogP contribution in [0.4, 0.5) is 0 Å². The molecule has 0 atom stereocenters. The number of para-hydroxylation sites is 1. The quantitative estimate of drug-likeness (QED) is 0.698. The van der Waals surface area contributed by atoms with Gasteiger partial charge in [0.05, 0.1) is 19.3 Å². The molecular formula is C12H16O3. The molecule has 15 heavy (non-hydrogen) atoms. The van der Waals surface area contributed by atoms with Crippen molar-refractivity contribution in [2.75, 3.05) is 13.7 Å². The number of carbonyl (C=O) groups is 1. The summed E-state index contributed by atoms with van der Waals surface area (Å²) in [5, 5.41) is 0. The van der Waals surface area contributed by atoms with Crippen LogP contribution in [0.3, 0.4) is 0 Å². The summed E-state index contributed by atoms with van der Waals surface area (Å²) in [7, 11) is 1.57. The van der Waals surface area contributed by atoms with Crippen molar-refractivity contribution in [3.8, 4) is 11.5 Å². The Morgan fingerprint density at radius 2 is 2.07 bits per heavy atom. The highest BCUT2D eigenvalue weighted by atomic mass is 16.5. The first-order valence-corrected chi connectivity index (χ1v) is 5.07. The smallest absolute Gasteiger partial charge is 0.171 e. The van der Waals surface area contributed by atoms with Crippen LogP contribution in [0.1, 0.15) is 30.6 Å². The minimum Gasteiger partial charge on any atom is -0.493 e. The Hall–Kier alpha value is -1.51. The van der Waals surface area contributed by atoms with E-state index in [2.05, 4.69) is 0 Å². The minimum atomic E-state index is 0.0670. The molecule has 0 aromatic heterocycles. The average molecular weight is 208 g/mol. The highest BCUT2D eigenvalue weighted by Crippen LogP contribution is 2.31. The lowest BCUT2D eigenvalue weighted by Crippen LogP contribution is -2.04. The Balaban J connectivity index is 3.18. The normalized spacial score (nSPS) is 9.80. The third-order valence-corrected chi connectivity index (χ3v) is 2.11. The van der Waals surface area contributed by atoms with Crippen LogP contribution in [0.2, 0.25) is 0 Å². The predicted octanol–water partition coefficient (Wildman–Crippen LogP) is 2.69. The molecule has 0 spiro atoms. The van der Waals surface area contributed by atoms with Crippen LogP contribution in [0.25, 0.3) is 0 Å². The number of hydrogen-bond acceptors (Lipinski definition) is 3. The van der Waals surface area contributed by atoms with Gasteiger partial charge >= 0.3 is 0 Å². The Bertz CT molecular complexity index is 345. The van der Waals surface area contributed by atoms with Crippen LogP contribution in [0.5, 0.6) is 11.5 Å². The molecule has 0 amide bonds. The lowest BCUT2D eigenvalue weighted by Gasteiger charge is -2.12. The third-order valence-electron chi connectivity index (χ3n) is 2.11. The molecule has 1 rings (SSSR count). The highest BCUT2D eigenvalue weighted by molar-refractivity contribution is 5.99. The standard InChI is InChI=1S/C12H16O3/c1-4-10(13)9-7-6-8-11(14-3)12(9)15-5-2/h6-8H,4-5H2,1-3H3. The summed E-state index contributed by atoms with van der Waals surface area (Å²) >= 11 is 0. The molecule has 0 radical (unpaired) electrons. The van der Waals surface area contributed by atoms with Crippen LogP contribution in [0.15, 0.2) is 18.2 Å². The summed E-state index contributed by atoms with van der Waals surface area (Å²) in [5.74, 6) is 1.22. The molecule has 1 aromatic rings. The van der Waals surface area contributed by atoms with Gasteiger partial charge in [0.2, 0.25) is 0 Å². The van der Waals surface area contributed by atoms with E-state index in [0.29, 0.717) is 30.1 Å². The van der Waals surface area contributed by atoms with Crippen LogP contribution < -0.4 is 9.47 Å². The van der Waals surface area contributed by atoms with Gasteiger partial charge in [-0.15, -0.1) is 0 Å². The Morgan fingerprint density at radius 1 is 1.33 bits per heavy atom. The summed E-state index contributed by atoms with van der Waals surface area (Å²) < 4.78 is 10.6. The van der Waals surface area contributed by atoms with E-state index in [0.717, 1.165) is 0 Å². The van der Waals surface area contributed by atoms with Gasteiger partial charge in [0.1, 0.15) is 0 Å². The van der Waals surface area contributed by atoms with Gasteiger partial charge in [0.25, 0.3) is 0 Å². The molecule has 0 aliphatic carbocycles. The number of benzene rings is 1. The monoisotopic (exact) mass is 208 g/mol. The molecule has 0 bridgehead atoms. The second kappa shape index (κ2) is 5.39. The molecule has 1 aromatic carbocycles. The van der Waals surface area contributed by atoms with E-state index in [-0.39, 0.29) is 5.78 Å². The van der Waals surface area contributed by atoms with Crippen LogP contribution >= 0.6 is 0 Å². The number of ether oxygens (including phenoxy) is 2. The minimum absolute atomic E-state index is 0.0670. The van der Waals surface area contributed by atoms with E-state index in [9.17, 15) is 4.79 Å². The van der Waals surface area contributed by atoms with E-state index in [1.807, 2.05) is 13.8 Å². The Labute approximate surface area is 90.0 Å². The number of carbonyl (C=O) groups excluding carboxylic acids is 1. The van der Waals surface area contributed by atoms with Crippen LogP contribution in [-0.4, -0.2) is 19.5 Å². The Kier molecular flexibility index (Phi) is 4.16. The van der Waals surface area contributed by atoms with E-state index in [1.54, 1.807) is 25.3 Å². The topological polar surface area (TPSA) is 35.5 Å². The van der Waals surface area contributed by atoms with Gasteiger partial charge in [-0.1, -0.05) is 13.0 Å². The van der Waals surface area contributed by atoms with E-state index < -0.39 is 0 Å². The zero-order valence-corrected chi connectivity index (χ0v) is 9.37. The lowest BCUT2D eigenvalue weighted by molar-refractivity contribution is 0.0983. The molecule has 0 saturated carbocycles. The highest BCUT2D eigenvalue weighted by Gasteiger charge is 2.14. The summed E-state index contributed by atoms with van der Waals surface area (Å²) in [6, 6.07) is 5.35. The molecule has 0 unspecified atom stereocenters. The van der Waals surface area contributed by atoms with Crippen molar-refractivity contribution < 1.29 is 14.3 Å². The fourth-order valence-corrected chi connectivity index (χ4v) is 1.38. The Morgan fingerprint density at radius 3 is 2.60 bits per heavy atom. The van der Waals surface area contributed by atoms with E-state index in [4.69, 9.17) is 9.47 Å². The summed E-state index contributed by atoms with van der Waals surface area (Å²) in [4.78, 5) is 11.6. The molecule has 0 N–H and O–H groups in total. The van der Waals surface area contributed by atoms with E-state index >= 15 is 0 Å². The number of hydrogen-bond donors (Lipinski definition) is 0. The summed E-state index contributed by atoms with van der Waals surface area (Å²) in [6.07, 6.45) is 0.466. The molecule has 3 nitrogen and oxygen atoms in total. The molecule has 0 fully saturated rings. The van der Waals surface area contributed by atoms with E-state index in [1.165, 1.54) is 0 Å². The fourth-order valence-electron chi connectivity index (χ4n) is 1.38. The zero-order chi connectivity index (χ0) is 11.3. The molecule has 3 heteroatoms. The van der Waals surface area contributed by atoms with Crippen molar-refractivity contribution in [2.24, 2.45) is 0 Å². The van der Waals surface area contributed by atoms with Gasteiger partial charge < -0.3 is 9.47 Å².